The minimum Gasteiger partial charge on any atom is -0.362 e. The summed E-state index contributed by atoms with van der Waals surface area (Å²) < 4.78 is 5.08. The zero-order chi connectivity index (χ0) is 13.1. The minimum absolute atomic E-state index is 0.400. The molecule has 1 aromatic heterocycles. The van der Waals surface area contributed by atoms with Gasteiger partial charge in [-0.15, -0.1) is 5.01 Å². The van der Waals surface area contributed by atoms with Crippen molar-refractivity contribution in [2.75, 3.05) is 10.7 Å². The summed E-state index contributed by atoms with van der Waals surface area (Å²) in [6, 6.07) is 1.21. The molecule has 0 atom stereocenters. The predicted octanol–water partition coefficient (Wildman–Crippen LogP) is 2.15. The maximum absolute atomic E-state index is 5.70. The molecule has 0 radical (unpaired) electrons. The fourth-order valence-electron chi connectivity index (χ4n) is 3.68. The second kappa shape index (κ2) is 5.80. The average Bonchev–Trinajstić information content (AvgIpc) is 2.88. The van der Waals surface area contributed by atoms with E-state index in [1.165, 1.54) is 64.2 Å². The third-order valence-corrected chi connectivity index (χ3v) is 4.61. The van der Waals surface area contributed by atoms with Gasteiger partial charge in [0, 0.05) is 0 Å². The van der Waals surface area contributed by atoms with E-state index in [-0.39, 0.29) is 0 Å². The standard InChI is InChI=1S/C14H25N4O/c15-14-11-17(16-19-14)18(12-7-3-1-4-8-12)13-9-5-2-6-10-13/h11-13H,1-10,15H2/q+1. The lowest BCUT2D eigenvalue weighted by molar-refractivity contribution is -0.766. The molecular weight excluding hydrogens is 240 g/mol. The van der Waals surface area contributed by atoms with Crippen molar-refractivity contribution in [1.29, 1.82) is 0 Å². The van der Waals surface area contributed by atoms with E-state index in [4.69, 9.17) is 10.3 Å². The first-order chi connectivity index (χ1) is 9.34. The van der Waals surface area contributed by atoms with Crippen molar-refractivity contribution in [1.82, 2.24) is 5.27 Å². The summed E-state index contributed by atoms with van der Waals surface area (Å²) in [6.45, 7) is 0. The highest BCUT2D eigenvalue weighted by Gasteiger charge is 2.36. The van der Waals surface area contributed by atoms with Crippen LogP contribution in [0.15, 0.2) is 10.7 Å². The number of rotatable bonds is 3. The van der Waals surface area contributed by atoms with Gasteiger partial charge < -0.3 is 5.73 Å². The van der Waals surface area contributed by atoms with Crippen molar-refractivity contribution in [2.24, 2.45) is 0 Å². The van der Waals surface area contributed by atoms with Gasteiger partial charge in [0.2, 0.25) is 5.27 Å². The van der Waals surface area contributed by atoms with Crippen molar-refractivity contribution < 1.29 is 9.31 Å². The van der Waals surface area contributed by atoms with E-state index in [9.17, 15) is 0 Å². The molecule has 1 heterocycles. The Labute approximate surface area is 114 Å². The van der Waals surface area contributed by atoms with Gasteiger partial charge in [-0.3, -0.25) is 4.52 Å². The lowest BCUT2D eigenvalue weighted by Crippen LogP contribution is -2.68. The van der Waals surface area contributed by atoms with E-state index >= 15 is 0 Å². The third kappa shape index (κ3) is 2.85. The van der Waals surface area contributed by atoms with E-state index in [0.717, 1.165) is 0 Å². The van der Waals surface area contributed by atoms with Crippen LogP contribution in [0, 0.1) is 0 Å². The molecule has 2 N–H and O–H groups in total. The summed E-state index contributed by atoms with van der Waals surface area (Å²) in [5.74, 6) is 0.400. The molecule has 106 valence electrons. The SMILES string of the molecule is Nc1c[n+](N(C2CCCCC2)C2CCCCC2)no1. The van der Waals surface area contributed by atoms with Gasteiger partial charge >= 0.3 is 0 Å². The van der Waals surface area contributed by atoms with Crippen LogP contribution >= 0.6 is 0 Å². The quantitative estimate of drug-likeness (QED) is 0.851. The Hall–Kier alpha value is -1.26. The van der Waals surface area contributed by atoms with Gasteiger partial charge in [0.05, 0.1) is 16.9 Å². The minimum atomic E-state index is 0.400. The van der Waals surface area contributed by atoms with Crippen LogP contribution in [0.1, 0.15) is 64.2 Å². The molecule has 3 rings (SSSR count). The molecule has 2 aliphatic carbocycles. The van der Waals surface area contributed by atoms with Crippen molar-refractivity contribution in [3.05, 3.63) is 6.20 Å². The average molecular weight is 265 g/mol. The first-order valence-electron chi connectivity index (χ1n) is 7.77. The zero-order valence-corrected chi connectivity index (χ0v) is 11.6. The van der Waals surface area contributed by atoms with Gasteiger partial charge in [0.25, 0.3) is 12.1 Å². The molecule has 5 nitrogen and oxygen atoms in total. The van der Waals surface area contributed by atoms with Gasteiger partial charge in [0.1, 0.15) is 0 Å². The fourth-order valence-corrected chi connectivity index (χ4v) is 3.68. The molecule has 0 spiro atoms. The molecule has 19 heavy (non-hydrogen) atoms. The number of nitrogens with zero attached hydrogens (tertiary/aromatic N) is 3. The van der Waals surface area contributed by atoms with E-state index in [2.05, 4.69) is 10.3 Å². The molecule has 0 bridgehead atoms. The van der Waals surface area contributed by atoms with Gasteiger partial charge in [0.15, 0.2) is 0 Å². The number of anilines is 1. The van der Waals surface area contributed by atoms with E-state index < -0.39 is 0 Å². The summed E-state index contributed by atoms with van der Waals surface area (Å²) in [5, 5.41) is 6.57. The Balaban J connectivity index is 1.81. The normalized spacial score (nSPS) is 22.5. The molecule has 1 aromatic rings. The lowest BCUT2D eigenvalue weighted by Gasteiger charge is -2.35. The van der Waals surface area contributed by atoms with Crippen molar-refractivity contribution >= 4 is 5.88 Å². The Kier molecular flexibility index (Phi) is 3.89. The first-order valence-corrected chi connectivity index (χ1v) is 7.77. The highest BCUT2D eigenvalue weighted by Crippen LogP contribution is 2.27. The summed E-state index contributed by atoms with van der Waals surface area (Å²) in [4.78, 5) is 1.88. The number of hydrogen-bond acceptors (Lipinski definition) is 4. The molecule has 0 amide bonds. The topological polar surface area (TPSA) is 59.2 Å². The molecule has 2 aliphatic rings. The fraction of sp³-hybridized carbons (Fsp3) is 0.857. The zero-order valence-electron chi connectivity index (χ0n) is 11.6. The molecule has 0 aliphatic heterocycles. The smallest absolute Gasteiger partial charge is 0.296 e. The molecule has 2 fully saturated rings. The monoisotopic (exact) mass is 265 g/mol. The molecule has 5 heteroatoms. The number of nitrogen functional groups attached to an aromatic ring is 1. The van der Waals surface area contributed by atoms with Crippen LogP contribution in [0.4, 0.5) is 5.88 Å². The molecule has 0 unspecified atom stereocenters. The number of hydrogen-bond donors (Lipinski definition) is 1. The van der Waals surface area contributed by atoms with Crippen LogP contribution < -0.4 is 15.5 Å². The summed E-state index contributed by atoms with van der Waals surface area (Å²) >= 11 is 0. The second-order valence-electron chi connectivity index (χ2n) is 5.99. The Morgan fingerprint density at radius 2 is 1.53 bits per heavy atom. The third-order valence-electron chi connectivity index (χ3n) is 4.61. The highest BCUT2D eigenvalue weighted by atomic mass is 16.5. The predicted molar refractivity (Wildman–Crippen MR) is 73.1 cm³/mol. The van der Waals surface area contributed by atoms with Crippen LogP contribution in [0.2, 0.25) is 0 Å². The van der Waals surface area contributed by atoms with Crippen LogP contribution in [0.5, 0.6) is 0 Å². The van der Waals surface area contributed by atoms with E-state index in [1.807, 2.05) is 11.0 Å². The van der Waals surface area contributed by atoms with Gasteiger partial charge in [-0.1, -0.05) is 38.5 Å². The number of nitrogens with two attached hydrogens (primary N) is 1. The maximum atomic E-state index is 5.70. The Morgan fingerprint density at radius 3 is 1.95 bits per heavy atom. The van der Waals surface area contributed by atoms with Gasteiger partial charge in [-0.05, 0) is 25.7 Å². The summed E-state index contributed by atoms with van der Waals surface area (Å²) in [5.41, 5.74) is 5.70. The van der Waals surface area contributed by atoms with E-state index in [1.54, 1.807) is 0 Å². The first kappa shape index (κ1) is 12.8. The van der Waals surface area contributed by atoms with Crippen molar-refractivity contribution in [3.63, 3.8) is 0 Å². The largest absolute Gasteiger partial charge is 0.362 e. The summed E-state index contributed by atoms with van der Waals surface area (Å²) in [7, 11) is 0. The Morgan fingerprint density at radius 1 is 1.00 bits per heavy atom. The summed E-state index contributed by atoms with van der Waals surface area (Å²) in [6.07, 6.45) is 15.0. The molecule has 0 aromatic carbocycles. The van der Waals surface area contributed by atoms with Gasteiger partial charge in [-0.2, -0.15) is 0 Å². The van der Waals surface area contributed by atoms with Crippen LogP contribution in [-0.2, 0) is 0 Å². The van der Waals surface area contributed by atoms with Crippen molar-refractivity contribution in [2.45, 2.75) is 76.3 Å². The Bertz CT molecular complexity index is 376. The van der Waals surface area contributed by atoms with Crippen molar-refractivity contribution in [3.8, 4) is 0 Å². The van der Waals surface area contributed by atoms with Crippen LogP contribution in [0.3, 0.4) is 0 Å². The second-order valence-corrected chi connectivity index (χ2v) is 5.99. The molecule has 0 saturated heterocycles. The molecule has 2 saturated carbocycles. The van der Waals surface area contributed by atoms with Crippen LogP contribution in [0.25, 0.3) is 0 Å². The maximum Gasteiger partial charge on any atom is 0.296 e. The van der Waals surface area contributed by atoms with Gasteiger partial charge in [-0.25, -0.2) is 0 Å². The number of aromatic nitrogens is 2. The lowest BCUT2D eigenvalue weighted by atomic mass is 9.90. The van der Waals surface area contributed by atoms with Crippen LogP contribution in [-0.4, -0.2) is 17.4 Å². The van der Waals surface area contributed by atoms with E-state index in [0.29, 0.717) is 18.0 Å². The molecular formula is C14H25N4O+. The highest BCUT2D eigenvalue weighted by molar-refractivity contribution is 5.12.